The Morgan fingerprint density at radius 2 is 1.73 bits per heavy atom. The number of ether oxygens (including phenoxy) is 1. The minimum Gasteiger partial charge on any atom is -0.372 e. The summed E-state index contributed by atoms with van der Waals surface area (Å²) in [5.74, 6) is 0.652. The van der Waals surface area contributed by atoms with Crippen molar-refractivity contribution >= 4 is 5.91 Å². The lowest BCUT2D eigenvalue weighted by molar-refractivity contribution is -0.153. The molecule has 0 aromatic carbocycles. The van der Waals surface area contributed by atoms with Crippen molar-refractivity contribution in [3.05, 3.63) is 0 Å². The number of hydrogen-bond donors (Lipinski definition) is 0. The number of hydrogen-bond acceptors (Lipinski definition) is 4. The minimum absolute atomic E-state index is 0.00444. The first-order valence-electron chi connectivity index (χ1n) is 11.0. The van der Waals surface area contributed by atoms with E-state index in [1.165, 1.54) is 45.1 Å². The van der Waals surface area contributed by atoms with E-state index in [4.69, 9.17) is 4.74 Å². The quantitative estimate of drug-likeness (QED) is 0.755. The van der Waals surface area contributed by atoms with Crippen LogP contribution in [-0.4, -0.2) is 85.2 Å². The van der Waals surface area contributed by atoms with Crippen molar-refractivity contribution < 1.29 is 9.53 Å². The SMILES string of the molecule is CN1CCOC2(CCN(C(=O)C3CCCN(C4CCCCC4)C3)CC2)C1. The molecule has 1 unspecified atom stereocenters. The molecule has 0 aromatic heterocycles. The molecule has 3 aliphatic heterocycles. The Hall–Kier alpha value is -0.650. The zero-order valence-corrected chi connectivity index (χ0v) is 16.6. The van der Waals surface area contributed by atoms with Gasteiger partial charge in [0.2, 0.25) is 5.91 Å². The van der Waals surface area contributed by atoms with Crippen molar-refractivity contribution in [3.63, 3.8) is 0 Å². The zero-order valence-electron chi connectivity index (χ0n) is 16.6. The van der Waals surface area contributed by atoms with E-state index in [1.54, 1.807) is 0 Å². The maximum absolute atomic E-state index is 13.2. The lowest BCUT2D eigenvalue weighted by atomic mass is 9.87. The average molecular weight is 364 g/mol. The average Bonchev–Trinajstić information content (AvgIpc) is 2.69. The molecule has 148 valence electrons. The number of carbonyl (C=O) groups is 1. The predicted octanol–water partition coefficient (Wildman–Crippen LogP) is 2.35. The van der Waals surface area contributed by atoms with Crippen molar-refractivity contribution in [2.75, 3.05) is 52.9 Å². The van der Waals surface area contributed by atoms with Gasteiger partial charge in [-0.25, -0.2) is 0 Å². The normalized spacial score (nSPS) is 32.0. The van der Waals surface area contributed by atoms with Gasteiger partial charge in [0.05, 0.1) is 18.1 Å². The molecule has 1 saturated carbocycles. The summed E-state index contributed by atoms with van der Waals surface area (Å²) in [7, 11) is 2.18. The molecule has 26 heavy (non-hydrogen) atoms. The molecular formula is C21H37N3O2. The number of morpholine rings is 1. The van der Waals surface area contributed by atoms with Gasteiger partial charge < -0.3 is 14.5 Å². The van der Waals surface area contributed by atoms with Crippen molar-refractivity contribution in [1.82, 2.24) is 14.7 Å². The third-order valence-electron chi connectivity index (χ3n) is 7.32. The van der Waals surface area contributed by atoms with Gasteiger partial charge in [-0.1, -0.05) is 19.3 Å². The first-order chi connectivity index (χ1) is 12.7. The first-order valence-corrected chi connectivity index (χ1v) is 11.0. The highest BCUT2D eigenvalue weighted by atomic mass is 16.5. The lowest BCUT2D eigenvalue weighted by Gasteiger charge is -2.47. The topological polar surface area (TPSA) is 36.0 Å². The summed E-state index contributed by atoms with van der Waals surface area (Å²) < 4.78 is 6.16. The van der Waals surface area contributed by atoms with Crippen LogP contribution in [-0.2, 0) is 9.53 Å². The van der Waals surface area contributed by atoms with Crippen LogP contribution in [0.15, 0.2) is 0 Å². The van der Waals surface area contributed by atoms with E-state index in [-0.39, 0.29) is 11.5 Å². The highest BCUT2D eigenvalue weighted by Gasteiger charge is 2.41. The van der Waals surface area contributed by atoms with Gasteiger partial charge in [0.15, 0.2) is 0 Å². The molecule has 0 N–H and O–H groups in total. The molecule has 0 bridgehead atoms. The molecule has 3 heterocycles. The second-order valence-electron chi connectivity index (χ2n) is 9.22. The Bertz CT molecular complexity index is 484. The van der Waals surface area contributed by atoms with Crippen molar-refractivity contribution in [3.8, 4) is 0 Å². The third-order valence-corrected chi connectivity index (χ3v) is 7.32. The van der Waals surface area contributed by atoms with Gasteiger partial charge in [0, 0.05) is 38.8 Å². The Morgan fingerprint density at radius 1 is 0.962 bits per heavy atom. The number of likely N-dealkylation sites (tertiary alicyclic amines) is 2. The zero-order chi connectivity index (χ0) is 18.0. The Labute approximate surface area is 159 Å². The van der Waals surface area contributed by atoms with E-state index in [9.17, 15) is 4.79 Å². The molecule has 5 heteroatoms. The predicted molar refractivity (Wildman–Crippen MR) is 103 cm³/mol. The monoisotopic (exact) mass is 363 g/mol. The molecule has 4 fully saturated rings. The Morgan fingerprint density at radius 3 is 2.46 bits per heavy atom. The summed E-state index contributed by atoms with van der Waals surface area (Å²) in [6.45, 7) is 6.86. The summed E-state index contributed by atoms with van der Waals surface area (Å²) in [5, 5.41) is 0. The van der Waals surface area contributed by atoms with Gasteiger partial charge in [-0.15, -0.1) is 0 Å². The van der Waals surface area contributed by atoms with Crippen LogP contribution in [0, 0.1) is 5.92 Å². The summed E-state index contributed by atoms with van der Waals surface area (Å²) in [6, 6.07) is 0.746. The highest BCUT2D eigenvalue weighted by molar-refractivity contribution is 5.79. The molecular weight excluding hydrogens is 326 g/mol. The van der Waals surface area contributed by atoms with Gasteiger partial charge in [-0.3, -0.25) is 9.69 Å². The third kappa shape index (κ3) is 4.10. The molecule has 1 spiro atoms. The van der Waals surface area contributed by atoms with E-state index < -0.39 is 0 Å². The molecule has 4 rings (SSSR count). The minimum atomic E-state index is 0.00444. The second kappa shape index (κ2) is 8.15. The van der Waals surface area contributed by atoms with Crippen LogP contribution >= 0.6 is 0 Å². The number of amides is 1. The number of carbonyl (C=O) groups excluding carboxylic acids is 1. The molecule has 5 nitrogen and oxygen atoms in total. The number of nitrogens with zero attached hydrogens (tertiary/aromatic N) is 3. The van der Waals surface area contributed by atoms with Gasteiger partial charge in [-0.05, 0) is 52.1 Å². The molecule has 0 aromatic rings. The fourth-order valence-corrected chi connectivity index (χ4v) is 5.72. The van der Waals surface area contributed by atoms with Crippen LogP contribution in [0.2, 0.25) is 0 Å². The molecule has 1 aliphatic carbocycles. The van der Waals surface area contributed by atoms with Gasteiger partial charge in [0.25, 0.3) is 0 Å². The van der Waals surface area contributed by atoms with Crippen molar-refractivity contribution in [2.24, 2.45) is 5.92 Å². The largest absolute Gasteiger partial charge is 0.372 e. The first kappa shape index (κ1) is 18.7. The maximum atomic E-state index is 13.2. The summed E-state index contributed by atoms with van der Waals surface area (Å²) in [5.41, 5.74) is 0.00444. The lowest BCUT2D eigenvalue weighted by Crippen LogP contribution is -2.58. The van der Waals surface area contributed by atoms with Crippen LogP contribution in [0.5, 0.6) is 0 Å². The summed E-state index contributed by atoms with van der Waals surface area (Å²) >= 11 is 0. The molecule has 4 aliphatic rings. The van der Waals surface area contributed by atoms with Crippen molar-refractivity contribution in [1.29, 1.82) is 0 Å². The molecule has 1 amide bonds. The van der Waals surface area contributed by atoms with E-state index in [0.717, 1.165) is 64.6 Å². The summed E-state index contributed by atoms with van der Waals surface area (Å²) in [4.78, 5) is 20.3. The summed E-state index contributed by atoms with van der Waals surface area (Å²) in [6.07, 6.45) is 11.1. The van der Waals surface area contributed by atoms with Crippen LogP contribution in [0.4, 0.5) is 0 Å². The van der Waals surface area contributed by atoms with Crippen molar-refractivity contribution in [2.45, 2.75) is 69.4 Å². The van der Waals surface area contributed by atoms with E-state index >= 15 is 0 Å². The van der Waals surface area contributed by atoms with E-state index in [0.29, 0.717) is 5.91 Å². The number of piperidine rings is 2. The van der Waals surface area contributed by atoms with Crippen LogP contribution in [0.1, 0.15) is 57.8 Å². The van der Waals surface area contributed by atoms with Crippen LogP contribution < -0.4 is 0 Å². The Kier molecular flexibility index (Phi) is 5.87. The molecule has 0 radical (unpaired) electrons. The van der Waals surface area contributed by atoms with Gasteiger partial charge in [0.1, 0.15) is 0 Å². The fraction of sp³-hybridized carbons (Fsp3) is 0.952. The fourth-order valence-electron chi connectivity index (χ4n) is 5.72. The van der Waals surface area contributed by atoms with Crippen LogP contribution in [0.25, 0.3) is 0 Å². The number of likely N-dealkylation sites (N-methyl/N-ethyl adjacent to an activating group) is 1. The second-order valence-corrected chi connectivity index (χ2v) is 9.22. The maximum Gasteiger partial charge on any atom is 0.226 e. The molecule has 1 atom stereocenters. The highest BCUT2D eigenvalue weighted by Crippen LogP contribution is 2.32. The number of rotatable bonds is 2. The van der Waals surface area contributed by atoms with E-state index in [1.807, 2.05) is 0 Å². The smallest absolute Gasteiger partial charge is 0.226 e. The van der Waals surface area contributed by atoms with E-state index in [2.05, 4.69) is 21.7 Å². The standard InChI is InChI=1S/C21H37N3O2/c1-22-14-15-26-21(17-22)9-12-23(13-10-21)20(25)18-6-5-11-24(16-18)19-7-3-2-4-8-19/h18-19H,2-17H2,1H3. The van der Waals surface area contributed by atoms with Gasteiger partial charge >= 0.3 is 0 Å². The molecule has 3 saturated heterocycles. The Balaban J connectivity index is 1.30. The van der Waals surface area contributed by atoms with Gasteiger partial charge in [-0.2, -0.15) is 0 Å². The van der Waals surface area contributed by atoms with Crippen LogP contribution in [0.3, 0.4) is 0 Å².